The Morgan fingerprint density at radius 1 is 1.15 bits per heavy atom. The normalized spacial score (nSPS) is 15.3. The van der Waals surface area contributed by atoms with Crippen LogP contribution < -0.4 is 15.2 Å². The molecule has 2 aromatic carbocycles. The van der Waals surface area contributed by atoms with E-state index in [0.29, 0.717) is 5.69 Å². The van der Waals surface area contributed by atoms with E-state index in [-0.39, 0.29) is 29.2 Å². The van der Waals surface area contributed by atoms with Crippen LogP contribution in [-0.4, -0.2) is 23.3 Å². The Balaban J connectivity index is 2.03. The van der Waals surface area contributed by atoms with Crippen LogP contribution in [0.3, 0.4) is 0 Å². The number of nitro benzene ring substituents is 1. The van der Waals surface area contributed by atoms with Crippen molar-refractivity contribution in [2.24, 2.45) is 0 Å². The highest BCUT2D eigenvalue weighted by Gasteiger charge is 2.35. The van der Waals surface area contributed by atoms with Crippen molar-refractivity contribution < 1.29 is 19.2 Å². The molecule has 3 rings (SSSR count). The first kappa shape index (κ1) is 17.2. The Morgan fingerprint density at radius 2 is 1.88 bits per heavy atom. The Kier molecular flexibility index (Phi) is 4.66. The van der Waals surface area contributed by atoms with Crippen molar-refractivity contribution in [1.29, 1.82) is 0 Å². The number of nitro groups is 1. The molecule has 1 heterocycles. The number of carbonyl (C=O) groups excluding carboxylic acids is 2. The van der Waals surface area contributed by atoms with Gasteiger partial charge in [0.05, 0.1) is 17.2 Å². The summed E-state index contributed by atoms with van der Waals surface area (Å²) >= 11 is 0. The Hall–Kier alpha value is -3.68. The zero-order valence-corrected chi connectivity index (χ0v) is 13.8. The maximum atomic E-state index is 12.6. The molecule has 0 atom stereocenters. The lowest BCUT2D eigenvalue weighted by Crippen LogP contribution is -2.35. The number of hydrogen-bond acceptors (Lipinski definition) is 5. The zero-order chi connectivity index (χ0) is 18.7. The molecule has 0 aliphatic carbocycles. The molecule has 2 amide bonds. The highest BCUT2D eigenvalue weighted by atomic mass is 16.6. The molecule has 0 aromatic heterocycles. The van der Waals surface area contributed by atoms with Crippen LogP contribution in [0.15, 0.2) is 54.1 Å². The number of carbonyl (C=O) groups is 2. The molecule has 1 aliphatic heterocycles. The summed E-state index contributed by atoms with van der Waals surface area (Å²) in [5.41, 5.74) is 2.92. The van der Waals surface area contributed by atoms with E-state index in [4.69, 9.17) is 4.74 Å². The summed E-state index contributed by atoms with van der Waals surface area (Å²) in [5.74, 6) is -1.12. The number of hydrogen-bond donors (Lipinski definition) is 1. The van der Waals surface area contributed by atoms with E-state index in [1.165, 1.54) is 18.2 Å². The van der Waals surface area contributed by atoms with Crippen LogP contribution in [0.5, 0.6) is 5.75 Å². The van der Waals surface area contributed by atoms with Gasteiger partial charge in [0.25, 0.3) is 11.8 Å². The maximum absolute atomic E-state index is 12.6. The number of amides is 2. The van der Waals surface area contributed by atoms with Gasteiger partial charge in [0.2, 0.25) is 5.75 Å². The lowest BCUT2D eigenvalue weighted by atomic mass is 10.1. The fourth-order valence-electron chi connectivity index (χ4n) is 2.57. The third kappa shape index (κ3) is 3.12. The lowest BCUT2D eigenvalue weighted by Gasteiger charge is -2.13. The van der Waals surface area contributed by atoms with Crippen molar-refractivity contribution in [3.05, 3.63) is 69.8 Å². The Bertz CT molecular complexity index is 908. The van der Waals surface area contributed by atoms with Gasteiger partial charge in [0.15, 0.2) is 0 Å². The fraction of sp³-hybridized carbons (Fsp3) is 0.111. The largest absolute Gasteiger partial charge is 0.487 e. The molecular weight excluding hydrogens is 338 g/mol. The van der Waals surface area contributed by atoms with Crippen LogP contribution in [-0.2, 0) is 9.59 Å². The van der Waals surface area contributed by atoms with E-state index in [1.807, 2.05) is 0 Å². The van der Waals surface area contributed by atoms with E-state index < -0.39 is 16.7 Å². The van der Waals surface area contributed by atoms with Crippen LogP contribution in [0.25, 0.3) is 6.08 Å². The summed E-state index contributed by atoms with van der Waals surface area (Å²) < 4.78 is 5.38. The van der Waals surface area contributed by atoms with Gasteiger partial charge in [-0.1, -0.05) is 30.3 Å². The first-order chi connectivity index (χ1) is 12.5. The second-order valence-electron chi connectivity index (χ2n) is 5.36. The van der Waals surface area contributed by atoms with E-state index in [2.05, 4.69) is 5.43 Å². The SMILES string of the molecule is CCOc1c(C=C2C(=O)NN(c3ccccc3)C2=O)cccc1[N+](=O)[O-]. The number of para-hydroxylation sites is 2. The molecule has 0 bridgehead atoms. The molecule has 8 heteroatoms. The second kappa shape index (κ2) is 7.06. The molecular formula is C18H15N3O5. The number of nitrogens with one attached hydrogen (secondary N) is 1. The van der Waals surface area contributed by atoms with Crippen molar-refractivity contribution in [3.63, 3.8) is 0 Å². The first-order valence-electron chi connectivity index (χ1n) is 7.85. The molecule has 0 saturated carbocycles. The predicted molar refractivity (Wildman–Crippen MR) is 94.3 cm³/mol. The third-order valence-corrected chi connectivity index (χ3v) is 3.72. The summed E-state index contributed by atoms with van der Waals surface area (Å²) in [7, 11) is 0. The van der Waals surface area contributed by atoms with Crippen molar-refractivity contribution in [3.8, 4) is 5.75 Å². The zero-order valence-electron chi connectivity index (χ0n) is 13.8. The lowest BCUT2D eigenvalue weighted by molar-refractivity contribution is -0.385. The van der Waals surface area contributed by atoms with Crippen molar-refractivity contribution in [1.82, 2.24) is 5.43 Å². The quantitative estimate of drug-likeness (QED) is 0.385. The van der Waals surface area contributed by atoms with E-state index in [1.54, 1.807) is 43.3 Å². The highest BCUT2D eigenvalue weighted by Crippen LogP contribution is 2.33. The number of hydrazine groups is 1. The monoisotopic (exact) mass is 353 g/mol. The summed E-state index contributed by atoms with van der Waals surface area (Å²) in [5, 5.41) is 12.3. The molecule has 132 valence electrons. The van der Waals surface area contributed by atoms with Crippen molar-refractivity contribution >= 4 is 29.3 Å². The minimum atomic E-state index is -0.590. The minimum absolute atomic E-state index is 0.0197. The highest BCUT2D eigenvalue weighted by molar-refractivity contribution is 6.31. The van der Waals surface area contributed by atoms with Crippen LogP contribution in [0.4, 0.5) is 11.4 Å². The number of rotatable bonds is 5. The number of benzene rings is 2. The van der Waals surface area contributed by atoms with Gasteiger partial charge in [-0.05, 0) is 25.1 Å². The van der Waals surface area contributed by atoms with Crippen molar-refractivity contribution in [2.75, 3.05) is 11.6 Å². The molecule has 8 nitrogen and oxygen atoms in total. The number of ether oxygens (including phenoxy) is 1. The van der Waals surface area contributed by atoms with Gasteiger partial charge in [-0.25, -0.2) is 5.01 Å². The van der Waals surface area contributed by atoms with Crippen LogP contribution in [0.2, 0.25) is 0 Å². The van der Waals surface area contributed by atoms with Gasteiger partial charge in [0.1, 0.15) is 5.57 Å². The predicted octanol–water partition coefficient (Wildman–Crippen LogP) is 2.45. The van der Waals surface area contributed by atoms with Crippen LogP contribution in [0.1, 0.15) is 12.5 Å². The molecule has 0 unspecified atom stereocenters. The number of nitrogens with zero attached hydrogens (tertiary/aromatic N) is 2. The summed E-state index contributed by atoms with van der Waals surface area (Å²) in [6, 6.07) is 13.0. The van der Waals surface area contributed by atoms with Crippen LogP contribution >= 0.6 is 0 Å². The maximum Gasteiger partial charge on any atom is 0.311 e. The summed E-state index contributed by atoms with van der Waals surface area (Å²) in [6.45, 7) is 1.90. The van der Waals surface area contributed by atoms with E-state index in [0.717, 1.165) is 5.01 Å². The molecule has 1 N–H and O–H groups in total. The van der Waals surface area contributed by atoms with Gasteiger partial charge in [-0.15, -0.1) is 0 Å². The average Bonchev–Trinajstić information content (AvgIpc) is 2.92. The molecule has 1 fully saturated rings. The smallest absolute Gasteiger partial charge is 0.311 e. The minimum Gasteiger partial charge on any atom is -0.487 e. The van der Waals surface area contributed by atoms with E-state index in [9.17, 15) is 19.7 Å². The number of anilines is 1. The summed E-state index contributed by atoms with van der Waals surface area (Å²) in [4.78, 5) is 35.5. The van der Waals surface area contributed by atoms with Gasteiger partial charge >= 0.3 is 5.69 Å². The second-order valence-corrected chi connectivity index (χ2v) is 5.36. The Morgan fingerprint density at radius 3 is 2.54 bits per heavy atom. The first-order valence-corrected chi connectivity index (χ1v) is 7.85. The molecule has 2 aromatic rings. The fourth-order valence-corrected chi connectivity index (χ4v) is 2.57. The van der Waals surface area contributed by atoms with Gasteiger partial charge in [-0.3, -0.25) is 25.1 Å². The third-order valence-electron chi connectivity index (χ3n) is 3.72. The molecule has 0 spiro atoms. The molecule has 0 radical (unpaired) electrons. The molecule has 1 saturated heterocycles. The molecule has 26 heavy (non-hydrogen) atoms. The van der Waals surface area contributed by atoms with Crippen LogP contribution in [0, 0.1) is 10.1 Å². The molecule has 1 aliphatic rings. The summed E-state index contributed by atoms with van der Waals surface area (Å²) in [6.07, 6.45) is 1.30. The standard InChI is InChI=1S/C18H15N3O5/c1-2-26-16-12(7-6-10-15(16)21(24)25)11-14-17(22)19-20(18(14)23)13-8-4-3-5-9-13/h3-11H,2H2,1H3,(H,19,22). The van der Waals surface area contributed by atoms with Crippen molar-refractivity contribution in [2.45, 2.75) is 6.92 Å². The Labute approximate surface area is 148 Å². The van der Waals surface area contributed by atoms with Gasteiger partial charge < -0.3 is 4.74 Å². The topological polar surface area (TPSA) is 102 Å². The van der Waals surface area contributed by atoms with E-state index >= 15 is 0 Å². The van der Waals surface area contributed by atoms with Gasteiger partial charge in [-0.2, -0.15) is 0 Å². The average molecular weight is 353 g/mol. The van der Waals surface area contributed by atoms with Gasteiger partial charge in [0, 0.05) is 11.6 Å².